The molecule has 3 nitrogen and oxygen atoms in total. The molecule has 1 aliphatic rings. The maximum absolute atomic E-state index is 12.0. The summed E-state index contributed by atoms with van der Waals surface area (Å²) in [6.45, 7) is 0. The van der Waals surface area contributed by atoms with Crippen LogP contribution in [0.5, 0.6) is 0 Å². The van der Waals surface area contributed by atoms with E-state index in [1.54, 1.807) is 30.3 Å². The van der Waals surface area contributed by atoms with Crippen LogP contribution in [-0.4, -0.2) is 5.16 Å². The molecule has 0 bridgehead atoms. The number of nitriles is 1. The van der Waals surface area contributed by atoms with E-state index in [0.717, 1.165) is 0 Å². The zero-order valence-electron chi connectivity index (χ0n) is 7.51. The Morgan fingerprint density at radius 2 is 1.93 bits per heavy atom. The molecule has 14 heavy (non-hydrogen) atoms. The molecular weight excluding hydrogens is 197 g/mol. The van der Waals surface area contributed by atoms with Crippen molar-refractivity contribution in [1.29, 1.82) is 5.26 Å². The van der Waals surface area contributed by atoms with Crippen LogP contribution in [0.4, 0.5) is 0 Å². The van der Waals surface area contributed by atoms with Crippen molar-refractivity contribution < 1.29 is 9.46 Å². The van der Waals surface area contributed by atoms with Crippen LogP contribution in [0.3, 0.4) is 0 Å². The van der Waals surface area contributed by atoms with E-state index in [9.17, 15) is 9.46 Å². The van der Waals surface area contributed by atoms with E-state index in [1.165, 1.54) is 0 Å². The Hall–Kier alpha value is -1.10. The average molecular weight is 206 g/mol. The first-order chi connectivity index (χ1) is 6.62. The molecule has 1 unspecified atom stereocenters. The highest BCUT2D eigenvalue weighted by Crippen LogP contribution is 2.63. The van der Waals surface area contributed by atoms with E-state index in [2.05, 4.69) is 0 Å². The minimum Gasteiger partial charge on any atom is -0.795 e. The predicted octanol–water partition coefficient (Wildman–Crippen LogP) is 1.01. The number of nitrogens with zero attached hydrogens (tertiary/aromatic N) is 1. The van der Waals surface area contributed by atoms with E-state index in [0.29, 0.717) is 12.8 Å². The summed E-state index contributed by atoms with van der Waals surface area (Å²) in [6.07, 6.45) is 0.943. The molecule has 4 heteroatoms. The summed E-state index contributed by atoms with van der Waals surface area (Å²) in [7, 11) is -3.75. The maximum atomic E-state index is 12.0. The second-order valence-corrected chi connectivity index (χ2v) is 6.01. The first kappa shape index (κ1) is 9.45. The van der Waals surface area contributed by atoms with Gasteiger partial charge in [0.25, 0.3) is 0 Å². The lowest BCUT2D eigenvalue weighted by Crippen LogP contribution is -2.26. The fraction of sp³-hybridized carbons (Fsp3) is 0.300. The minimum atomic E-state index is -3.75. The van der Waals surface area contributed by atoms with Gasteiger partial charge in [-0.2, -0.15) is 5.26 Å². The predicted molar refractivity (Wildman–Crippen MR) is 51.3 cm³/mol. The van der Waals surface area contributed by atoms with Gasteiger partial charge in [-0.3, -0.25) is 0 Å². The summed E-state index contributed by atoms with van der Waals surface area (Å²) < 4.78 is 12.0. The lowest BCUT2D eigenvalue weighted by molar-refractivity contribution is -0.173. The molecule has 2 rings (SSSR count). The van der Waals surface area contributed by atoms with Crippen molar-refractivity contribution in [3.8, 4) is 6.07 Å². The van der Waals surface area contributed by atoms with Crippen LogP contribution in [0.25, 0.3) is 0 Å². The lowest BCUT2D eigenvalue weighted by Gasteiger charge is -2.28. The second kappa shape index (κ2) is 2.95. The third-order valence-corrected chi connectivity index (χ3v) is 5.24. The molecule has 0 radical (unpaired) electrons. The van der Waals surface area contributed by atoms with Gasteiger partial charge in [0.15, 0.2) is 0 Å². The van der Waals surface area contributed by atoms with Gasteiger partial charge < -0.3 is 9.46 Å². The Bertz CT molecular complexity index is 431. The van der Waals surface area contributed by atoms with E-state index < -0.39 is 12.5 Å². The molecule has 1 aliphatic carbocycles. The maximum Gasteiger partial charge on any atom is 0.102 e. The topological polar surface area (TPSA) is 63.9 Å². The van der Waals surface area contributed by atoms with Crippen LogP contribution in [0.1, 0.15) is 12.8 Å². The van der Waals surface area contributed by atoms with Gasteiger partial charge in [0, 0.05) is 0 Å². The molecule has 1 aromatic rings. The fourth-order valence-corrected chi connectivity index (χ4v) is 3.35. The summed E-state index contributed by atoms with van der Waals surface area (Å²) in [5.74, 6) is 0. The normalized spacial score (nSPS) is 22.0. The highest BCUT2D eigenvalue weighted by Gasteiger charge is 2.52. The first-order valence-electron chi connectivity index (χ1n) is 4.40. The summed E-state index contributed by atoms with van der Waals surface area (Å²) in [5.41, 5.74) is 0. The molecule has 1 aromatic carbocycles. The van der Waals surface area contributed by atoms with Gasteiger partial charge in [0.1, 0.15) is 5.16 Å². The summed E-state index contributed by atoms with van der Waals surface area (Å²) in [6, 6.07) is 10.1. The van der Waals surface area contributed by atoms with Crippen molar-refractivity contribution in [2.45, 2.75) is 18.0 Å². The number of rotatable bonds is 2. The average Bonchev–Trinajstić information content (AvgIpc) is 3.00. The van der Waals surface area contributed by atoms with Crippen LogP contribution in [-0.2, 0) is 4.57 Å². The third-order valence-electron chi connectivity index (χ3n) is 2.59. The van der Waals surface area contributed by atoms with E-state index in [-0.39, 0.29) is 5.30 Å². The summed E-state index contributed by atoms with van der Waals surface area (Å²) in [5, 5.41) is 8.01. The Morgan fingerprint density at radius 3 is 2.36 bits per heavy atom. The van der Waals surface area contributed by atoms with Gasteiger partial charge in [0.05, 0.1) is 13.4 Å². The molecule has 1 fully saturated rings. The highest BCUT2D eigenvalue weighted by atomic mass is 31.2. The van der Waals surface area contributed by atoms with Crippen LogP contribution in [0.2, 0.25) is 0 Å². The SMILES string of the molecule is N#CC1(P(=O)([O-])c2ccccc2)CC1. The van der Waals surface area contributed by atoms with Crippen LogP contribution >= 0.6 is 7.37 Å². The van der Waals surface area contributed by atoms with E-state index >= 15 is 0 Å². The zero-order valence-corrected chi connectivity index (χ0v) is 8.41. The number of hydrogen-bond acceptors (Lipinski definition) is 3. The van der Waals surface area contributed by atoms with Crippen molar-refractivity contribution in [3.05, 3.63) is 30.3 Å². The Labute approximate surface area is 82.4 Å². The minimum absolute atomic E-state index is 0.277. The highest BCUT2D eigenvalue weighted by molar-refractivity contribution is 7.67. The number of hydrogen-bond donors (Lipinski definition) is 0. The Morgan fingerprint density at radius 1 is 1.36 bits per heavy atom. The van der Waals surface area contributed by atoms with Gasteiger partial charge in [-0.15, -0.1) is 0 Å². The molecule has 0 heterocycles. The molecule has 0 spiro atoms. The monoisotopic (exact) mass is 206 g/mol. The number of benzene rings is 1. The largest absolute Gasteiger partial charge is 0.795 e. The quantitative estimate of drug-likeness (QED) is 0.678. The third kappa shape index (κ3) is 1.19. The molecule has 0 aromatic heterocycles. The van der Waals surface area contributed by atoms with Crippen molar-refractivity contribution in [2.24, 2.45) is 0 Å². The summed E-state index contributed by atoms with van der Waals surface area (Å²) >= 11 is 0. The molecule has 1 saturated carbocycles. The molecule has 1 atom stereocenters. The van der Waals surface area contributed by atoms with Crippen LogP contribution in [0, 0.1) is 11.3 Å². The summed E-state index contributed by atoms with van der Waals surface area (Å²) in [4.78, 5) is 12.0. The van der Waals surface area contributed by atoms with Crippen LogP contribution < -0.4 is 10.2 Å². The fourth-order valence-electron chi connectivity index (χ4n) is 1.46. The van der Waals surface area contributed by atoms with Gasteiger partial charge in [-0.05, 0) is 18.1 Å². The first-order valence-corrected chi connectivity index (χ1v) is 6.03. The smallest absolute Gasteiger partial charge is 0.102 e. The van der Waals surface area contributed by atoms with E-state index in [1.807, 2.05) is 6.07 Å². The van der Waals surface area contributed by atoms with Crippen molar-refractivity contribution >= 4 is 12.7 Å². The molecular formula is C10H9NO2P-. The van der Waals surface area contributed by atoms with Gasteiger partial charge in [-0.25, -0.2) is 0 Å². The van der Waals surface area contributed by atoms with Gasteiger partial charge >= 0.3 is 0 Å². The van der Waals surface area contributed by atoms with Crippen LogP contribution in [0.15, 0.2) is 30.3 Å². The molecule has 0 saturated heterocycles. The Kier molecular flexibility index (Phi) is 1.99. The zero-order chi connectivity index (χ0) is 10.2. The molecule has 72 valence electrons. The molecule has 0 N–H and O–H groups in total. The van der Waals surface area contributed by atoms with Gasteiger partial charge in [0.2, 0.25) is 0 Å². The van der Waals surface area contributed by atoms with Gasteiger partial charge in [-0.1, -0.05) is 30.3 Å². The lowest BCUT2D eigenvalue weighted by atomic mass is 10.4. The second-order valence-electron chi connectivity index (χ2n) is 3.53. The van der Waals surface area contributed by atoms with E-state index in [4.69, 9.17) is 5.26 Å². The standard InChI is InChI=1S/C10H10NO2P/c11-8-10(6-7-10)14(12,13)9-4-2-1-3-5-9/h1-5H,6-7H2,(H,12,13)/p-1. The molecule has 0 aliphatic heterocycles. The Balaban J connectivity index is 2.45. The van der Waals surface area contributed by atoms with Crippen molar-refractivity contribution in [1.82, 2.24) is 0 Å². The molecule has 0 amide bonds. The van der Waals surface area contributed by atoms with Crippen molar-refractivity contribution in [2.75, 3.05) is 0 Å². The van der Waals surface area contributed by atoms with Crippen molar-refractivity contribution in [3.63, 3.8) is 0 Å².